The Morgan fingerprint density at radius 1 is 1.20 bits per heavy atom. The van der Waals surface area contributed by atoms with E-state index < -0.39 is 0 Å². The fraction of sp³-hybridized carbons (Fsp3) is 0.400. The first kappa shape index (κ1) is 18.9. The van der Waals surface area contributed by atoms with Crippen LogP contribution in [0.2, 0.25) is 0 Å². The van der Waals surface area contributed by atoms with Gasteiger partial charge in [-0.05, 0) is 43.4 Å². The second kappa shape index (κ2) is 9.79. The molecule has 1 aromatic heterocycles. The van der Waals surface area contributed by atoms with E-state index in [1.54, 1.807) is 6.20 Å². The predicted molar refractivity (Wildman–Crippen MR) is 99.3 cm³/mol. The molecule has 2 unspecified atom stereocenters. The summed E-state index contributed by atoms with van der Waals surface area (Å²) in [5, 5.41) is 14.8. The molecule has 0 aliphatic heterocycles. The minimum Gasteiger partial charge on any atom is -0.396 e. The van der Waals surface area contributed by atoms with Gasteiger partial charge in [0.2, 0.25) is 0 Å². The maximum atomic E-state index is 12.3. The number of carbonyl (C=O) groups excluding carboxylic acids is 1. The highest BCUT2D eigenvalue weighted by molar-refractivity contribution is 5.74. The number of nitrogens with zero attached hydrogens (tertiary/aromatic N) is 1. The van der Waals surface area contributed by atoms with Crippen molar-refractivity contribution in [3.05, 3.63) is 65.5 Å². The van der Waals surface area contributed by atoms with Crippen molar-refractivity contribution in [3.8, 4) is 0 Å². The number of amides is 2. The molecule has 2 atom stereocenters. The van der Waals surface area contributed by atoms with Gasteiger partial charge >= 0.3 is 6.03 Å². The van der Waals surface area contributed by atoms with Crippen molar-refractivity contribution < 1.29 is 9.90 Å². The summed E-state index contributed by atoms with van der Waals surface area (Å²) in [4.78, 5) is 16.7. The van der Waals surface area contributed by atoms with Crippen molar-refractivity contribution in [2.45, 2.75) is 32.7 Å². The summed E-state index contributed by atoms with van der Waals surface area (Å²) in [5.74, 6) is 0.237. The third kappa shape index (κ3) is 6.55. The van der Waals surface area contributed by atoms with Crippen molar-refractivity contribution in [1.29, 1.82) is 0 Å². The van der Waals surface area contributed by atoms with Gasteiger partial charge in [-0.3, -0.25) is 4.98 Å². The summed E-state index contributed by atoms with van der Waals surface area (Å²) in [7, 11) is 0. The first-order valence-corrected chi connectivity index (χ1v) is 8.70. The molecular formula is C20H27N3O2. The summed E-state index contributed by atoms with van der Waals surface area (Å²) < 4.78 is 0. The molecule has 0 spiro atoms. The van der Waals surface area contributed by atoms with Crippen molar-refractivity contribution in [2.75, 3.05) is 13.2 Å². The molecule has 0 fully saturated rings. The van der Waals surface area contributed by atoms with E-state index in [1.807, 2.05) is 25.1 Å². The van der Waals surface area contributed by atoms with Gasteiger partial charge in [-0.25, -0.2) is 4.79 Å². The molecule has 0 aliphatic rings. The van der Waals surface area contributed by atoms with E-state index in [0.717, 1.165) is 11.3 Å². The number of aromatic nitrogens is 1. The maximum Gasteiger partial charge on any atom is 0.315 e. The number of rotatable bonds is 8. The van der Waals surface area contributed by atoms with Crippen molar-refractivity contribution in [3.63, 3.8) is 0 Å². The Balaban J connectivity index is 2.02. The topological polar surface area (TPSA) is 74.2 Å². The van der Waals surface area contributed by atoms with E-state index in [9.17, 15) is 4.79 Å². The Labute approximate surface area is 149 Å². The molecule has 5 heteroatoms. The standard InChI is InChI=1S/C20H27N3O2/c1-15-6-8-17(9-7-15)13-19(18-5-3-4-11-21-18)23-20(25)22-14-16(2)10-12-24/h3-9,11,16,19,24H,10,12-14H2,1-2H3,(H2,22,23,25). The van der Waals surface area contributed by atoms with Crippen LogP contribution < -0.4 is 10.6 Å². The van der Waals surface area contributed by atoms with Crippen LogP contribution in [-0.2, 0) is 6.42 Å². The largest absolute Gasteiger partial charge is 0.396 e. The molecular weight excluding hydrogens is 314 g/mol. The minimum atomic E-state index is -0.215. The Morgan fingerprint density at radius 2 is 1.96 bits per heavy atom. The lowest BCUT2D eigenvalue weighted by Crippen LogP contribution is -2.40. The van der Waals surface area contributed by atoms with Crippen LogP contribution in [-0.4, -0.2) is 29.3 Å². The van der Waals surface area contributed by atoms with E-state index in [2.05, 4.69) is 46.8 Å². The molecule has 134 valence electrons. The molecule has 3 N–H and O–H groups in total. The molecule has 25 heavy (non-hydrogen) atoms. The number of nitrogens with one attached hydrogen (secondary N) is 2. The molecule has 0 bridgehead atoms. The van der Waals surface area contributed by atoms with Crippen LogP contribution in [0.15, 0.2) is 48.7 Å². The third-order valence-corrected chi connectivity index (χ3v) is 4.14. The van der Waals surface area contributed by atoms with Gasteiger partial charge in [0.05, 0.1) is 11.7 Å². The van der Waals surface area contributed by atoms with Crippen LogP contribution in [0.25, 0.3) is 0 Å². The van der Waals surface area contributed by atoms with E-state index in [4.69, 9.17) is 5.11 Å². The lowest BCUT2D eigenvalue weighted by molar-refractivity contribution is 0.230. The third-order valence-electron chi connectivity index (χ3n) is 4.14. The summed E-state index contributed by atoms with van der Waals surface area (Å²) in [6.07, 6.45) is 3.09. The van der Waals surface area contributed by atoms with E-state index in [0.29, 0.717) is 19.4 Å². The molecule has 1 aromatic carbocycles. The van der Waals surface area contributed by atoms with Crippen molar-refractivity contribution in [1.82, 2.24) is 15.6 Å². The van der Waals surface area contributed by atoms with Crippen LogP contribution in [0, 0.1) is 12.8 Å². The van der Waals surface area contributed by atoms with E-state index >= 15 is 0 Å². The molecule has 0 saturated heterocycles. The number of aryl methyl sites for hydroxylation is 1. The van der Waals surface area contributed by atoms with Gasteiger partial charge in [-0.1, -0.05) is 42.8 Å². The average Bonchev–Trinajstić information content (AvgIpc) is 2.62. The second-order valence-corrected chi connectivity index (χ2v) is 6.47. The number of benzene rings is 1. The van der Waals surface area contributed by atoms with Gasteiger partial charge in [0.25, 0.3) is 0 Å². The van der Waals surface area contributed by atoms with Gasteiger partial charge in [-0.2, -0.15) is 0 Å². The fourth-order valence-electron chi connectivity index (χ4n) is 2.57. The quantitative estimate of drug-likeness (QED) is 0.691. The lowest BCUT2D eigenvalue weighted by Gasteiger charge is -2.20. The number of carbonyl (C=O) groups is 1. The number of aliphatic hydroxyl groups excluding tert-OH is 1. The van der Waals surface area contributed by atoms with E-state index in [1.165, 1.54) is 5.56 Å². The van der Waals surface area contributed by atoms with Crippen molar-refractivity contribution in [2.24, 2.45) is 5.92 Å². The number of hydrogen-bond donors (Lipinski definition) is 3. The highest BCUT2D eigenvalue weighted by Gasteiger charge is 2.16. The van der Waals surface area contributed by atoms with E-state index in [-0.39, 0.29) is 24.6 Å². The zero-order valence-electron chi connectivity index (χ0n) is 14.9. The van der Waals surface area contributed by atoms with Crippen LogP contribution in [0.5, 0.6) is 0 Å². The van der Waals surface area contributed by atoms with Crippen LogP contribution in [0.4, 0.5) is 4.79 Å². The Kier molecular flexibility index (Phi) is 7.41. The van der Waals surface area contributed by atoms with Crippen LogP contribution in [0.1, 0.15) is 36.2 Å². The molecule has 2 amide bonds. The number of pyridine rings is 1. The fourth-order valence-corrected chi connectivity index (χ4v) is 2.57. The van der Waals surface area contributed by atoms with Gasteiger partial charge in [0, 0.05) is 19.3 Å². The molecule has 2 aromatic rings. The molecule has 0 radical (unpaired) electrons. The van der Waals surface area contributed by atoms with Crippen LogP contribution in [0.3, 0.4) is 0 Å². The highest BCUT2D eigenvalue weighted by Crippen LogP contribution is 2.17. The SMILES string of the molecule is Cc1ccc(CC(NC(=O)NCC(C)CCO)c2ccccn2)cc1. The predicted octanol–water partition coefficient (Wildman–Crippen LogP) is 2.99. The first-order valence-electron chi connectivity index (χ1n) is 8.70. The Morgan fingerprint density at radius 3 is 2.60 bits per heavy atom. The zero-order valence-corrected chi connectivity index (χ0v) is 14.9. The molecule has 0 aliphatic carbocycles. The zero-order chi connectivity index (χ0) is 18.1. The summed E-state index contributed by atoms with van der Waals surface area (Å²) >= 11 is 0. The summed E-state index contributed by atoms with van der Waals surface area (Å²) in [6.45, 7) is 4.72. The van der Waals surface area contributed by atoms with Crippen molar-refractivity contribution >= 4 is 6.03 Å². The number of aliphatic hydroxyl groups is 1. The number of hydrogen-bond acceptors (Lipinski definition) is 3. The average molecular weight is 341 g/mol. The monoisotopic (exact) mass is 341 g/mol. The molecule has 2 rings (SSSR count). The molecule has 1 heterocycles. The first-order chi connectivity index (χ1) is 12.1. The van der Waals surface area contributed by atoms with Gasteiger partial charge in [0.15, 0.2) is 0 Å². The van der Waals surface area contributed by atoms with Crippen LogP contribution >= 0.6 is 0 Å². The summed E-state index contributed by atoms with van der Waals surface area (Å²) in [6, 6.07) is 13.6. The maximum absolute atomic E-state index is 12.3. The van der Waals surface area contributed by atoms with Gasteiger partial charge < -0.3 is 15.7 Å². The molecule has 0 saturated carbocycles. The molecule has 5 nitrogen and oxygen atoms in total. The number of urea groups is 1. The second-order valence-electron chi connectivity index (χ2n) is 6.47. The normalized spacial score (nSPS) is 13.1. The van der Waals surface area contributed by atoms with Gasteiger partial charge in [-0.15, -0.1) is 0 Å². The Bertz CT molecular complexity index is 644. The lowest BCUT2D eigenvalue weighted by atomic mass is 10.0. The summed E-state index contributed by atoms with van der Waals surface area (Å²) in [5.41, 5.74) is 3.19. The minimum absolute atomic E-state index is 0.133. The van der Waals surface area contributed by atoms with Gasteiger partial charge in [0.1, 0.15) is 0 Å². The smallest absolute Gasteiger partial charge is 0.315 e. The Hall–Kier alpha value is -2.40. The highest BCUT2D eigenvalue weighted by atomic mass is 16.3.